The number of nitrogens with zero attached hydrogens (tertiary/aromatic N) is 3. The molecule has 2 aliphatic heterocycles. The van der Waals surface area contributed by atoms with Crippen LogP contribution in [-0.4, -0.2) is 87.0 Å². The second-order valence-corrected chi connectivity index (χ2v) is 12.8. The molecule has 3 aromatic carbocycles. The first kappa shape index (κ1) is 32.4. The molecule has 1 aromatic heterocycles. The average Bonchev–Trinajstić information content (AvgIpc) is 3.45. The van der Waals surface area contributed by atoms with Gasteiger partial charge in [0.25, 0.3) is 0 Å². The number of ether oxygens (including phenoxy) is 2. The maximum absolute atomic E-state index is 6.26. The fourth-order valence-electron chi connectivity index (χ4n) is 6.59. The Morgan fingerprint density at radius 2 is 1.59 bits per heavy atom. The van der Waals surface area contributed by atoms with Crippen molar-refractivity contribution in [1.82, 2.24) is 30.3 Å². The number of hydrogen-bond donors (Lipinski definition) is 3. The summed E-state index contributed by atoms with van der Waals surface area (Å²) >= 11 is 6.26. The van der Waals surface area contributed by atoms with Crippen molar-refractivity contribution in [2.75, 3.05) is 66.6 Å². The Kier molecular flexibility index (Phi) is 10.8. The largest absolute Gasteiger partial charge is 0.497 e. The van der Waals surface area contributed by atoms with Crippen molar-refractivity contribution in [3.63, 3.8) is 0 Å². The highest BCUT2D eigenvalue weighted by atomic mass is 35.5. The topological polar surface area (TPSA) is 66.0 Å². The van der Waals surface area contributed by atoms with E-state index in [-0.39, 0.29) is 6.04 Å². The summed E-state index contributed by atoms with van der Waals surface area (Å²) in [6, 6.07) is 21.6. The molecule has 1 atom stereocenters. The van der Waals surface area contributed by atoms with Gasteiger partial charge in [0, 0.05) is 111 Å². The molecule has 46 heavy (non-hydrogen) atoms. The fourth-order valence-corrected chi connectivity index (χ4v) is 6.71. The third kappa shape index (κ3) is 8.06. The van der Waals surface area contributed by atoms with E-state index in [1.54, 1.807) is 14.2 Å². The van der Waals surface area contributed by atoms with E-state index in [4.69, 9.17) is 21.1 Å². The highest BCUT2D eigenvalue weighted by molar-refractivity contribution is 6.30. The normalized spacial score (nSPS) is 17.7. The van der Waals surface area contributed by atoms with E-state index in [0.29, 0.717) is 0 Å². The first-order valence-corrected chi connectivity index (χ1v) is 16.8. The lowest BCUT2D eigenvalue weighted by Crippen LogP contribution is -2.51. The van der Waals surface area contributed by atoms with Gasteiger partial charge in [0.15, 0.2) is 0 Å². The van der Waals surface area contributed by atoms with Crippen LogP contribution >= 0.6 is 11.6 Å². The SMILES string of the molecule is C=C(NCCCn1cc(-c2ccc(Cl)cc2)c2cc(CN3CCN(Cc4cc(OC)cc(OC)c4)CC3)ccc21)C1CNCCN1. The highest BCUT2D eigenvalue weighted by Crippen LogP contribution is 2.33. The van der Waals surface area contributed by atoms with E-state index < -0.39 is 0 Å². The van der Waals surface area contributed by atoms with Crippen LogP contribution in [0.4, 0.5) is 0 Å². The molecule has 9 heteroatoms. The number of hydrogen-bond acceptors (Lipinski definition) is 7. The molecule has 1 unspecified atom stereocenters. The molecule has 0 amide bonds. The maximum atomic E-state index is 6.26. The van der Waals surface area contributed by atoms with E-state index in [1.165, 1.54) is 33.2 Å². The molecule has 4 aromatic rings. The van der Waals surface area contributed by atoms with Gasteiger partial charge in [0.2, 0.25) is 0 Å². The van der Waals surface area contributed by atoms with Gasteiger partial charge in [-0.3, -0.25) is 9.80 Å². The molecule has 2 fully saturated rings. The molecule has 244 valence electrons. The highest BCUT2D eigenvalue weighted by Gasteiger charge is 2.19. The number of fused-ring (bicyclic) bond motifs is 1. The van der Waals surface area contributed by atoms with Crippen molar-refractivity contribution in [3.05, 3.63) is 95.3 Å². The number of piperazine rings is 2. The minimum absolute atomic E-state index is 0.288. The van der Waals surface area contributed by atoms with Crippen LogP contribution in [0.25, 0.3) is 22.0 Å². The van der Waals surface area contributed by atoms with E-state index in [9.17, 15) is 0 Å². The predicted molar refractivity (Wildman–Crippen MR) is 189 cm³/mol. The lowest BCUT2D eigenvalue weighted by Gasteiger charge is -2.34. The molecular weight excluding hydrogens is 596 g/mol. The van der Waals surface area contributed by atoms with Crippen LogP contribution in [-0.2, 0) is 19.6 Å². The van der Waals surface area contributed by atoms with Crippen LogP contribution in [0.1, 0.15) is 17.5 Å². The fraction of sp³-hybridized carbons (Fsp3) is 0.405. The van der Waals surface area contributed by atoms with Crippen LogP contribution in [0.3, 0.4) is 0 Å². The number of rotatable bonds is 13. The zero-order valence-electron chi connectivity index (χ0n) is 27.2. The summed E-state index contributed by atoms with van der Waals surface area (Å²) in [6.07, 6.45) is 3.32. The number of aromatic nitrogens is 1. The van der Waals surface area contributed by atoms with Gasteiger partial charge in [-0.05, 0) is 59.5 Å². The van der Waals surface area contributed by atoms with Crippen molar-refractivity contribution in [1.29, 1.82) is 0 Å². The lowest BCUT2D eigenvalue weighted by molar-refractivity contribution is 0.122. The zero-order chi connectivity index (χ0) is 31.9. The van der Waals surface area contributed by atoms with Gasteiger partial charge in [-0.25, -0.2) is 0 Å². The van der Waals surface area contributed by atoms with Crippen molar-refractivity contribution >= 4 is 22.5 Å². The van der Waals surface area contributed by atoms with E-state index >= 15 is 0 Å². The summed E-state index contributed by atoms with van der Waals surface area (Å²) in [5, 5.41) is 12.6. The van der Waals surface area contributed by atoms with Crippen LogP contribution < -0.4 is 25.4 Å². The Hall–Kier alpha value is -3.53. The number of methoxy groups -OCH3 is 2. The Morgan fingerprint density at radius 3 is 2.24 bits per heavy atom. The first-order valence-electron chi connectivity index (χ1n) is 16.4. The van der Waals surface area contributed by atoms with Crippen LogP contribution in [0.2, 0.25) is 5.02 Å². The summed E-state index contributed by atoms with van der Waals surface area (Å²) in [5.41, 5.74) is 7.34. The number of benzene rings is 3. The van der Waals surface area contributed by atoms with E-state index in [2.05, 4.69) is 85.6 Å². The van der Waals surface area contributed by atoms with Gasteiger partial charge in [0.1, 0.15) is 11.5 Å². The summed E-state index contributed by atoms with van der Waals surface area (Å²) in [6.45, 7) is 15.0. The Morgan fingerprint density at radius 1 is 0.891 bits per heavy atom. The molecule has 0 spiro atoms. The molecule has 2 saturated heterocycles. The van der Waals surface area contributed by atoms with Gasteiger partial charge in [-0.1, -0.05) is 36.4 Å². The Bertz CT molecular complexity index is 1580. The van der Waals surface area contributed by atoms with Gasteiger partial charge in [-0.2, -0.15) is 0 Å². The van der Waals surface area contributed by atoms with Crippen molar-refractivity contribution < 1.29 is 9.47 Å². The average molecular weight is 643 g/mol. The molecular formula is C37H47ClN6O2. The van der Waals surface area contributed by atoms with Gasteiger partial charge < -0.3 is 30.0 Å². The molecule has 0 saturated carbocycles. The third-order valence-electron chi connectivity index (χ3n) is 9.18. The standard InChI is InChI=1S/C37H47ClN6O2/c1-27(36-23-39-12-13-41-36)40-11-4-14-44-26-35(30-6-8-31(38)9-7-30)34-21-28(5-10-37(34)44)24-42-15-17-43(18-16-42)25-29-19-32(45-2)22-33(20-29)46-3/h5-10,19-22,26,36,39-41H,1,4,11-18,23-25H2,2-3H3. The second-order valence-electron chi connectivity index (χ2n) is 12.4. The van der Waals surface area contributed by atoms with E-state index in [0.717, 1.165) is 101 Å². The molecule has 0 bridgehead atoms. The number of halogens is 1. The summed E-state index contributed by atoms with van der Waals surface area (Å²) in [4.78, 5) is 5.08. The summed E-state index contributed by atoms with van der Waals surface area (Å²) in [5.74, 6) is 1.67. The summed E-state index contributed by atoms with van der Waals surface area (Å²) < 4.78 is 13.3. The molecule has 6 rings (SSSR count). The van der Waals surface area contributed by atoms with Gasteiger partial charge in [-0.15, -0.1) is 0 Å². The smallest absolute Gasteiger partial charge is 0.122 e. The molecule has 2 aliphatic rings. The Balaban J connectivity index is 1.10. The molecule has 3 heterocycles. The second kappa shape index (κ2) is 15.4. The maximum Gasteiger partial charge on any atom is 0.122 e. The van der Waals surface area contributed by atoms with Gasteiger partial charge >= 0.3 is 0 Å². The molecule has 0 aliphatic carbocycles. The quantitative estimate of drug-likeness (QED) is 0.170. The van der Waals surface area contributed by atoms with Crippen molar-refractivity contribution in [3.8, 4) is 22.6 Å². The molecule has 0 radical (unpaired) electrons. The van der Waals surface area contributed by atoms with Gasteiger partial charge in [0.05, 0.1) is 20.3 Å². The summed E-state index contributed by atoms with van der Waals surface area (Å²) in [7, 11) is 3.40. The molecule has 8 nitrogen and oxygen atoms in total. The number of nitrogens with one attached hydrogen (secondary N) is 3. The van der Waals surface area contributed by atoms with Crippen molar-refractivity contribution in [2.45, 2.75) is 32.1 Å². The first-order chi connectivity index (χ1) is 22.5. The van der Waals surface area contributed by atoms with Crippen LogP contribution in [0.5, 0.6) is 11.5 Å². The van der Waals surface area contributed by atoms with Crippen molar-refractivity contribution in [2.24, 2.45) is 0 Å². The van der Waals surface area contributed by atoms with Crippen LogP contribution in [0.15, 0.2) is 79.1 Å². The monoisotopic (exact) mass is 642 g/mol. The minimum atomic E-state index is 0.288. The number of aryl methyl sites for hydroxylation is 1. The minimum Gasteiger partial charge on any atom is -0.497 e. The lowest BCUT2D eigenvalue weighted by atomic mass is 10.0. The van der Waals surface area contributed by atoms with E-state index in [1.807, 2.05) is 18.2 Å². The predicted octanol–water partition coefficient (Wildman–Crippen LogP) is 5.35. The Labute approximate surface area is 278 Å². The third-order valence-corrected chi connectivity index (χ3v) is 9.43. The zero-order valence-corrected chi connectivity index (χ0v) is 27.9. The molecule has 3 N–H and O–H groups in total. The van der Waals surface area contributed by atoms with Crippen LogP contribution in [0, 0.1) is 0 Å².